The lowest BCUT2D eigenvalue weighted by molar-refractivity contribution is -0.140. The highest BCUT2D eigenvalue weighted by atomic mass is 79.9. The largest absolute Gasteiger partial charge is 0.272 e. The van der Waals surface area contributed by atoms with Crippen LogP contribution >= 0.6 is 15.9 Å². The van der Waals surface area contributed by atoms with Crippen LogP contribution in [0.1, 0.15) is 18.4 Å². The first-order valence-corrected chi connectivity index (χ1v) is 10.9. The van der Waals surface area contributed by atoms with Gasteiger partial charge in [0.2, 0.25) is 15.9 Å². The Hall–Kier alpha value is -1.74. The summed E-state index contributed by atoms with van der Waals surface area (Å²) in [6.45, 7) is 0.826. The lowest BCUT2D eigenvalue weighted by Gasteiger charge is -2.31. The van der Waals surface area contributed by atoms with Crippen molar-refractivity contribution in [2.24, 2.45) is 5.92 Å². The van der Waals surface area contributed by atoms with Gasteiger partial charge in [0.05, 0.1) is 17.4 Å². The van der Waals surface area contributed by atoms with Gasteiger partial charge in [0.1, 0.15) is 0 Å². The van der Waals surface area contributed by atoms with E-state index in [0.717, 1.165) is 10.0 Å². The van der Waals surface area contributed by atoms with Crippen molar-refractivity contribution in [2.45, 2.75) is 24.3 Å². The number of carbonyl (C=O) groups is 1. The molecule has 0 aliphatic carbocycles. The Balaban J connectivity index is 1.58. The van der Waals surface area contributed by atoms with Gasteiger partial charge < -0.3 is 0 Å². The van der Waals surface area contributed by atoms with E-state index < -0.39 is 15.9 Å². The Labute approximate surface area is 167 Å². The molecule has 1 heterocycles. The number of carbonyl (C=O) groups excluding carboxylic acids is 1. The SMILES string of the molecule is O=C(NOCc1ccccc1)[C@H]1CCCN(S(=O)(=O)c2ccc(Br)cc2)C1. The Bertz CT molecular complexity index is 872. The quantitative estimate of drug-likeness (QED) is 0.683. The van der Waals surface area contributed by atoms with Gasteiger partial charge in [-0.25, -0.2) is 13.9 Å². The summed E-state index contributed by atoms with van der Waals surface area (Å²) in [6.07, 6.45) is 1.26. The molecule has 0 bridgehead atoms. The molecule has 2 aromatic carbocycles. The van der Waals surface area contributed by atoms with Crippen molar-refractivity contribution >= 4 is 31.9 Å². The van der Waals surface area contributed by atoms with Crippen LogP contribution in [0, 0.1) is 5.92 Å². The normalized spacial score (nSPS) is 18.2. The maximum atomic E-state index is 12.8. The molecule has 1 atom stereocenters. The van der Waals surface area contributed by atoms with Gasteiger partial charge in [-0.05, 0) is 42.7 Å². The third-order valence-electron chi connectivity index (χ3n) is 4.46. The minimum absolute atomic E-state index is 0.152. The Kier molecular flexibility index (Phi) is 6.64. The number of halogens is 1. The number of benzene rings is 2. The summed E-state index contributed by atoms with van der Waals surface area (Å²) < 4.78 is 27.8. The molecule has 144 valence electrons. The number of sulfonamides is 1. The Morgan fingerprint density at radius 3 is 2.56 bits per heavy atom. The van der Waals surface area contributed by atoms with E-state index in [9.17, 15) is 13.2 Å². The Morgan fingerprint density at radius 2 is 1.85 bits per heavy atom. The van der Waals surface area contributed by atoms with E-state index in [-0.39, 0.29) is 24.0 Å². The predicted molar refractivity (Wildman–Crippen MR) is 105 cm³/mol. The average molecular weight is 453 g/mol. The number of hydrogen-bond donors (Lipinski definition) is 1. The highest BCUT2D eigenvalue weighted by molar-refractivity contribution is 9.10. The molecule has 1 N–H and O–H groups in total. The van der Waals surface area contributed by atoms with Crippen molar-refractivity contribution in [3.63, 3.8) is 0 Å². The summed E-state index contributed by atoms with van der Waals surface area (Å²) in [7, 11) is -3.62. The summed E-state index contributed by atoms with van der Waals surface area (Å²) >= 11 is 3.30. The highest BCUT2D eigenvalue weighted by Crippen LogP contribution is 2.25. The van der Waals surface area contributed by atoms with Crippen LogP contribution in [0.15, 0.2) is 64.0 Å². The zero-order chi connectivity index (χ0) is 19.3. The second kappa shape index (κ2) is 8.97. The molecule has 1 amide bonds. The molecule has 1 aliphatic heterocycles. The molecule has 8 heteroatoms. The topological polar surface area (TPSA) is 75.7 Å². The van der Waals surface area contributed by atoms with E-state index in [4.69, 9.17) is 4.84 Å². The van der Waals surface area contributed by atoms with Crippen molar-refractivity contribution in [3.05, 3.63) is 64.6 Å². The lowest BCUT2D eigenvalue weighted by atomic mass is 9.99. The zero-order valence-electron chi connectivity index (χ0n) is 14.7. The third-order valence-corrected chi connectivity index (χ3v) is 6.87. The molecule has 1 saturated heterocycles. The zero-order valence-corrected chi connectivity index (χ0v) is 17.1. The molecule has 3 rings (SSSR count). The lowest BCUT2D eigenvalue weighted by Crippen LogP contribution is -2.45. The number of hydrogen-bond acceptors (Lipinski definition) is 4. The average Bonchev–Trinajstić information content (AvgIpc) is 2.69. The number of nitrogens with zero attached hydrogens (tertiary/aromatic N) is 1. The maximum Gasteiger partial charge on any atom is 0.247 e. The Morgan fingerprint density at radius 1 is 1.15 bits per heavy atom. The van der Waals surface area contributed by atoms with Gasteiger partial charge in [-0.2, -0.15) is 4.31 Å². The fraction of sp³-hybridized carbons (Fsp3) is 0.316. The van der Waals surface area contributed by atoms with Gasteiger partial charge in [-0.15, -0.1) is 0 Å². The summed E-state index contributed by atoms with van der Waals surface area (Å²) in [6, 6.07) is 16.0. The number of hydroxylamine groups is 1. The highest BCUT2D eigenvalue weighted by Gasteiger charge is 2.33. The second-order valence-electron chi connectivity index (χ2n) is 6.40. The van der Waals surface area contributed by atoms with E-state index in [2.05, 4.69) is 21.4 Å². The van der Waals surface area contributed by atoms with Gasteiger partial charge >= 0.3 is 0 Å². The van der Waals surface area contributed by atoms with Gasteiger partial charge in [0.15, 0.2) is 0 Å². The third kappa shape index (κ3) is 5.16. The number of piperidine rings is 1. The molecule has 27 heavy (non-hydrogen) atoms. The molecule has 1 fully saturated rings. The maximum absolute atomic E-state index is 12.8. The van der Waals surface area contributed by atoms with Crippen molar-refractivity contribution in [1.29, 1.82) is 0 Å². The van der Waals surface area contributed by atoms with E-state index in [0.29, 0.717) is 19.4 Å². The van der Waals surface area contributed by atoms with Crippen LogP contribution in [-0.2, 0) is 26.3 Å². The van der Waals surface area contributed by atoms with Crippen molar-refractivity contribution in [3.8, 4) is 0 Å². The molecule has 0 spiro atoms. The fourth-order valence-corrected chi connectivity index (χ4v) is 4.77. The second-order valence-corrected chi connectivity index (χ2v) is 9.25. The minimum Gasteiger partial charge on any atom is -0.272 e. The molecule has 0 radical (unpaired) electrons. The number of rotatable bonds is 6. The molecule has 1 aliphatic rings. The van der Waals surface area contributed by atoms with Crippen LogP contribution < -0.4 is 5.48 Å². The summed E-state index contributed by atoms with van der Waals surface area (Å²) in [5, 5.41) is 0. The first kappa shape index (κ1) is 20.0. The van der Waals surface area contributed by atoms with E-state index in [1.54, 1.807) is 24.3 Å². The molecule has 2 aromatic rings. The molecule has 6 nitrogen and oxygen atoms in total. The summed E-state index contributed by atoms with van der Waals surface area (Å²) in [4.78, 5) is 17.9. The van der Waals surface area contributed by atoms with Crippen molar-refractivity contribution in [2.75, 3.05) is 13.1 Å². The fourth-order valence-electron chi connectivity index (χ4n) is 2.98. The molecule has 0 unspecified atom stereocenters. The van der Waals surface area contributed by atoms with Crippen LogP contribution in [0.25, 0.3) is 0 Å². The van der Waals surface area contributed by atoms with Crippen LogP contribution in [0.4, 0.5) is 0 Å². The van der Waals surface area contributed by atoms with Crippen LogP contribution in [0.5, 0.6) is 0 Å². The van der Waals surface area contributed by atoms with Gasteiger partial charge in [-0.1, -0.05) is 46.3 Å². The first-order valence-electron chi connectivity index (χ1n) is 8.68. The minimum atomic E-state index is -3.62. The summed E-state index contributed by atoms with van der Waals surface area (Å²) in [5.74, 6) is -0.721. The monoisotopic (exact) mass is 452 g/mol. The van der Waals surface area contributed by atoms with Crippen LogP contribution in [0.2, 0.25) is 0 Å². The molecule has 0 aromatic heterocycles. The van der Waals surface area contributed by atoms with E-state index in [1.807, 2.05) is 30.3 Å². The standard InChI is InChI=1S/C19H21BrN2O4S/c20-17-8-10-18(11-9-17)27(24,25)22-12-4-7-16(13-22)19(23)21-26-14-15-5-2-1-3-6-15/h1-3,5-6,8-11,16H,4,7,12-14H2,(H,21,23)/t16-/m0/s1. The van der Waals surface area contributed by atoms with Crippen molar-refractivity contribution in [1.82, 2.24) is 9.79 Å². The number of amides is 1. The smallest absolute Gasteiger partial charge is 0.247 e. The van der Waals surface area contributed by atoms with Crippen LogP contribution in [-0.4, -0.2) is 31.7 Å². The van der Waals surface area contributed by atoms with Gasteiger partial charge in [0.25, 0.3) is 0 Å². The first-order chi connectivity index (χ1) is 13.0. The van der Waals surface area contributed by atoms with Gasteiger partial charge in [0, 0.05) is 17.6 Å². The van der Waals surface area contributed by atoms with E-state index in [1.165, 1.54) is 4.31 Å². The molecular weight excluding hydrogens is 432 g/mol. The summed E-state index contributed by atoms with van der Waals surface area (Å²) in [5.41, 5.74) is 3.40. The molecular formula is C19H21BrN2O4S. The van der Waals surface area contributed by atoms with E-state index >= 15 is 0 Å². The van der Waals surface area contributed by atoms with Crippen molar-refractivity contribution < 1.29 is 18.0 Å². The molecule has 0 saturated carbocycles. The van der Waals surface area contributed by atoms with Crippen LogP contribution in [0.3, 0.4) is 0 Å². The van der Waals surface area contributed by atoms with Gasteiger partial charge in [-0.3, -0.25) is 9.63 Å². The number of nitrogens with one attached hydrogen (secondary N) is 1. The predicted octanol–water partition coefficient (Wildman–Crippen LogP) is 3.10.